The van der Waals surface area contributed by atoms with Crippen LogP contribution < -0.4 is 0 Å². The van der Waals surface area contributed by atoms with Crippen LogP contribution in [-0.2, 0) is 0 Å². The molecule has 0 aliphatic rings. The fraction of sp³-hybridized carbons (Fsp3) is 0.273. The van der Waals surface area contributed by atoms with Gasteiger partial charge in [0.05, 0.1) is 0 Å². The molecular formula is C22H26Si. The Morgan fingerprint density at radius 3 is 1.91 bits per heavy atom. The molecule has 0 spiro atoms. The molecule has 1 heteroatoms. The van der Waals surface area contributed by atoms with Gasteiger partial charge in [-0.1, -0.05) is 88.8 Å². The average Bonchev–Trinajstić information content (AvgIpc) is 2.52. The second-order valence-electron chi connectivity index (χ2n) is 7.55. The molecule has 0 aliphatic carbocycles. The molecular weight excluding hydrogens is 292 g/mol. The lowest BCUT2D eigenvalue weighted by molar-refractivity contribution is 0.731. The van der Waals surface area contributed by atoms with Crippen molar-refractivity contribution in [2.45, 2.75) is 38.9 Å². The summed E-state index contributed by atoms with van der Waals surface area (Å²) in [5.74, 6) is 3.38. The maximum absolute atomic E-state index is 4.21. The van der Waals surface area contributed by atoms with E-state index in [1.54, 1.807) is 0 Å². The summed E-state index contributed by atoms with van der Waals surface area (Å²) in [6.07, 6.45) is 0. The van der Waals surface area contributed by atoms with Crippen LogP contribution in [0.15, 0.2) is 61.2 Å². The molecule has 0 unspecified atom stereocenters. The SMILES string of the molecule is C=C(c1ccccc1)c1ccc(C#C[Si](C)(C)C(C)(C)C)cc1. The number of hydrogen-bond donors (Lipinski definition) is 0. The number of hydrogen-bond acceptors (Lipinski definition) is 0. The van der Waals surface area contributed by atoms with Crippen molar-refractivity contribution in [2.75, 3.05) is 0 Å². The molecule has 0 heterocycles. The molecule has 0 saturated heterocycles. The first-order valence-electron chi connectivity index (χ1n) is 8.09. The Bertz CT molecular complexity index is 733. The van der Waals surface area contributed by atoms with Crippen molar-refractivity contribution in [1.82, 2.24) is 0 Å². The molecule has 23 heavy (non-hydrogen) atoms. The van der Waals surface area contributed by atoms with E-state index in [-0.39, 0.29) is 0 Å². The van der Waals surface area contributed by atoms with E-state index < -0.39 is 8.07 Å². The third-order valence-electron chi connectivity index (χ3n) is 4.75. The minimum absolute atomic E-state index is 0.293. The van der Waals surface area contributed by atoms with Gasteiger partial charge in [0.25, 0.3) is 0 Å². The highest BCUT2D eigenvalue weighted by atomic mass is 28.3. The van der Waals surface area contributed by atoms with Gasteiger partial charge in [0.1, 0.15) is 8.07 Å². The van der Waals surface area contributed by atoms with Gasteiger partial charge in [0, 0.05) is 5.56 Å². The van der Waals surface area contributed by atoms with E-state index in [1.165, 1.54) is 0 Å². The predicted octanol–water partition coefficient (Wildman–Crippen LogP) is 6.15. The molecule has 0 amide bonds. The summed E-state index contributed by atoms with van der Waals surface area (Å²) in [5, 5.41) is 0.293. The third kappa shape index (κ3) is 4.24. The largest absolute Gasteiger partial charge is 0.138 e. The molecule has 0 atom stereocenters. The van der Waals surface area contributed by atoms with E-state index in [2.05, 4.69) is 88.3 Å². The van der Waals surface area contributed by atoms with Gasteiger partial charge in [0.15, 0.2) is 0 Å². The summed E-state index contributed by atoms with van der Waals surface area (Å²) in [5.41, 5.74) is 8.00. The normalized spacial score (nSPS) is 11.5. The first-order chi connectivity index (χ1) is 10.7. The van der Waals surface area contributed by atoms with Crippen LogP contribution in [-0.4, -0.2) is 8.07 Å². The molecule has 0 radical (unpaired) electrons. The zero-order valence-electron chi connectivity index (χ0n) is 14.9. The summed E-state index contributed by atoms with van der Waals surface area (Å²) in [7, 11) is -1.55. The third-order valence-corrected chi connectivity index (χ3v) is 9.25. The van der Waals surface area contributed by atoms with Crippen LogP contribution in [0.2, 0.25) is 18.1 Å². The van der Waals surface area contributed by atoms with E-state index >= 15 is 0 Å². The summed E-state index contributed by atoms with van der Waals surface area (Å²) in [6.45, 7) is 15.8. The van der Waals surface area contributed by atoms with Crippen LogP contribution in [0.3, 0.4) is 0 Å². The van der Waals surface area contributed by atoms with Crippen molar-refractivity contribution in [3.63, 3.8) is 0 Å². The first kappa shape index (κ1) is 17.3. The highest BCUT2D eigenvalue weighted by molar-refractivity contribution is 6.87. The molecule has 2 aromatic rings. The van der Waals surface area contributed by atoms with E-state index in [0.717, 1.165) is 22.3 Å². The highest BCUT2D eigenvalue weighted by Gasteiger charge is 2.33. The van der Waals surface area contributed by atoms with E-state index in [0.29, 0.717) is 5.04 Å². The quantitative estimate of drug-likeness (QED) is 0.460. The standard InChI is InChI=1S/C22H26Si/c1-18(20-10-8-7-9-11-20)21-14-12-19(13-15-21)16-17-23(5,6)22(2,3)4/h7-15H,1H2,2-6H3. The van der Waals surface area contributed by atoms with Crippen molar-refractivity contribution in [3.8, 4) is 11.5 Å². The zero-order valence-corrected chi connectivity index (χ0v) is 15.9. The molecule has 0 N–H and O–H groups in total. The number of benzene rings is 2. The Morgan fingerprint density at radius 2 is 1.39 bits per heavy atom. The van der Waals surface area contributed by atoms with Crippen LogP contribution in [0.25, 0.3) is 5.57 Å². The lowest BCUT2D eigenvalue weighted by Crippen LogP contribution is -2.35. The Labute approximate surface area is 142 Å². The second-order valence-corrected chi connectivity index (χ2v) is 12.5. The summed E-state index contributed by atoms with van der Waals surface area (Å²) in [6, 6.07) is 18.7. The first-order valence-corrected chi connectivity index (χ1v) is 11.1. The summed E-state index contributed by atoms with van der Waals surface area (Å²) >= 11 is 0. The molecule has 0 aromatic heterocycles. The van der Waals surface area contributed by atoms with Crippen LogP contribution in [0.5, 0.6) is 0 Å². The molecule has 0 saturated carbocycles. The molecule has 2 aromatic carbocycles. The average molecular weight is 319 g/mol. The monoisotopic (exact) mass is 318 g/mol. The minimum atomic E-state index is -1.55. The molecule has 0 fully saturated rings. The van der Waals surface area contributed by atoms with Gasteiger partial charge in [-0.2, -0.15) is 0 Å². The Kier molecular flexibility index (Phi) is 4.97. The smallest absolute Gasteiger partial charge is 0.126 e. The summed E-state index contributed by atoms with van der Waals surface area (Å²) in [4.78, 5) is 0. The zero-order chi connectivity index (χ0) is 17.1. The molecule has 0 aliphatic heterocycles. The lowest BCUT2D eigenvalue weighted by atomic mass is 9.99. The molecule has 2 rings (SSSR count). The lowest BCUT2D eigenvalue weighted by Gasteiger charge is -2.31. The van der Waals surface area contributed by atoms with Gasteiger partial charge in [-0.3, -0.25) is 0 Å². The van der Waals surface area contributed by atoms with Crippen molar-refractivity contribution in [3.05, 3.63) is 77.9 Å². The van der Waals surface area contributed by atoms with Crippen molar-refractivity contribution in [2.24, 2.45) is 0 Å². The molecule has 0 bridgehead atoms. The van der Waals surface area contributed by atoms with Crippen LogP contribution >= 0.6 is 0 Å². The van der Waals surface area contributed by atoms with Crippen LogP contribution in [0.1, 0.15) is 37.5 Å². The Morgan fingerprint density at radius 1 is 0.870 bits per heavy atom. The maximum atomic E-state index is 4.21. The van der Waals surface area contributed by atoms with Gasteiger partial charge in [-0.15, -0.1) is 5.54 Å². The Hall–Kier alpha value is -2.04. The minimum Gasteiger partial charge on any atom is -0.126 e. The predicted molar refractivity (Wildman–Crippen MR) is 105 cm³/mol. The second kappa shape index (κ2) is 6.60. The van der Waals surface area contributed by atoms with Gasteiger partial charge in [0.2, 0.25) is 0 Å². The van der Waals surface area contributed by atoms with Crippen LogP contribution in [0, 0.1) is 11.5 Å². The van der Waals surface area contributed by atoms with E-state index in [1.807, 2.05) is 18.2 Å². The van der Waals surface area contributed by atoms with Gasteiger partial charge < -0.3 is 0 Å². The topological polar surface area (TPSA) is 0 Å². The van der Waals surface area contributed by atoms with E-state index in [9.17, 15) is 0 Å². The summed E-state index contributed by atoms with van der Waals surface area (Å²) < 4.78 is 0. The van der Waals surface area contributed by atoms with Gasteiger partial charge >= 0.3 is 0 Å². The Balaban J connectivity index is 2.20. The highest BCUT2D eigenvalue weighted by Crippen LogP contribution is 2.35. The van der Waals surface area contributed by atoms with Crippen molar-refractivity contribution >= 4 is 13.6 Å². The van der Waals surface area contributed by atoms with Gasteiger partial charge in [-0.05, 0) is 33.9 Å². The number of rotatable bonds is 2. The van der Waals surface area contributed by atoms with Crippen molar-refractivity contribution < 1.29 is 0 Å². The van der Waals surface area contributed by atoms with E-state index in [4.69, 9.17) is 0 Å². The molecule has 118 valence electrons. The van der Waals surface area contributed by atoms with Crippen molar-refractivity contribution in [1.29, 1.82) is 0 Å². The molecule has 0 nitrogen and oxygen atoms in total. The van der Waals surface area contributed by atoms with Crippen LogP contribution in [0.4, 0.5) is 0 Å². The fourth-order valence-corrected chi connectivity index (χ4v) is 2.81. The fourth-order valence-electron chi connectivity index (χ4n) is 1.98. The van der Waals surface area contributed by atoms with Gasteiger partial charge in [-0.25, -0.2) is 0 Å². The maximum Gasteiger partial charge on any atom is 0.138 e.